The first-order valence-electron chi connectivity index (χ1n) is 8.81. The van der Waals surface area contributed by atoms with E-state index in [2.05, 4.69) is 39.2 Å². The van der Waals surface area contributed by atoms with Crippen molar-refractivity contribution in [2.45, 2.75) is 38.5 Å². The van der Waals surface area contributed by atoms with Crippen LogP contribution in [0.15, 0.2) is 41.0 Å². The summed E-state index contributed by atoms with van der Waals surface area (Å²) in [5.74, 6) is 1.32. The molecule has 1 aromatic heterocycles. The molecule has 3 aromatic rings. The second kappa shape index (κ2) is 6.80. The number of carbonyl (C=O) groups is 1. The third-order valence-corrected chi connectivity index (χ3v) is 5.68. The van der Waals surface area contributed by atoms with Crippen molar-refractivity contribution in [1.29, 1.82) is 0 Å². The topological polar surface area (TPSA) is 62.3 Å². The number of carboxylic acids is 1. The van der Waals surface area contributed by atoms with Gasteiger partial charge in [-0.05, 0) is 82.6 Å². The first-order chi connectivity index (χ1) is 12.5. The molecule has 0 bridgehead atoms. The number of benzene rings is 2. The van der Waals surface area contributed by atoms with E-state index >= 15 is 0 Å². The molecule has 2 aromatic carbocycles. The third kappa shape index (κ3) is 3.23. The summed E-state index contributed by atoms with van der Waals surface area (Å²) < 4.78 is 6.92. The van der Waals surface area contributed by atoms with Crippen molar-refractivity contribution < 1.29 is 14.6 Å². The van der Waals surface area contributed by atoms with Crippen molar-refractivity contribution in [1.82, 2.24) is 4.98 Å². The average Bonchev–Trinajstić information content (AvgIpc) is 2.92. The van der Waals surface area contributed by atoms with Gasteiger partial charge in [-0.15, -0.1) is 0 Å². The maximum atomic E-state index is 10.9. The summed E-state index contributed by atoms with van der Waals surface area (Å²) in [5.41, 5.74) is 4.17. The van der Waals surface area contributed by atoms with Crippen molar-refractivity contribution in [3.63, 3.8) is 0 Å². The van der Waals surface area contributed by atoms with Gasteiger partial charge in [-0.1, -0.05) is 12.5 Å². The highest BCUT2D eigenvalue weighted by molar-refractivity contribution is 9.10. The van der Waals surface area contributed by atoms with Crippen LogP contribution >= 0.6 is 15.9 Å². The average molecular weight is 414 g/mol. The van der Waals surface area contributed by atoms with Gasteiger partial charge in [-0.3, -0.25) is 4.79 Å². The van der Waals surface area contributed by atoms with E-state index in [1.165, 1.54) is 30.2 Å². The van der Waals surface area contributed by atoms with Crippen LogP contribution in [0.4, 0.5) is 0 Å². The molecule has 134 valence electrons. The molecule has 26 heavy (non-hydrogen) atoms. The summed E-state index contributed by atoms with van der Waals surface area (Å²) in [6.45, 7) is 1.93. The van der Waals surface area contributed by atoms with Crippen LogP contribution in [0.25, 0.3) is 10.9 Å². The van der Waals surface area contributed by atoms with Gasteiger partial charge in [0.15, 0.2) is 0 Å². The van der Waals surface area contributed by atoms with Gasteiger partial charge in [-0.2, -0.15) is 0 Å². The van der Waals surface area contributed by atoms with Crippen LogP contribution in [0, 0.1) is 6.92 Å². The zero-order valence-electron chi connectivity index (χ0n) is 14.5. The van der Waals surface area contributed by atoms with Crippen LogP contribution < -0.4 is 4.74 Å². The minimum atomic E-state index is -0.841. The maximum absolute atomic E-state index is 10.9. The highest BCUT2D eigenvalue weighted by Crippen LogP contribution is 2.41. The summed E-state index contributed by atoms with van der Waals surface area (Å²) in [4.78, 5) is 14.3. The standard InChI is InChI=1S/C21H20BrNO3/c1-12-7-13(9-20(24)25)8-18(22)21(12)26-15-5-6-19-16(10-15)17(11-23-19)14-3-2-4-14/h5-8,10-11,14,23H,2-4,9H2,1H3,(H,24,25). The van der Waals surface area contributed by atoms with Crippen LogP contribution in [0.2, 0.25) is 0 Å². The molecule has 0 radical (unpaired) electrons. The minimum absolute atomic E-state index is 0.000221. The number of halogens is 1. The molecule has 0 spiro atoms. The van der Waals surface area contributed by atoms with Gasteiger partial charge >= 0.3 is 5.97 Å². The van der Waals surface area contributed by atoms with E-state index < -0.39 is 5.97 Å². The zero-order valence-corrected chi connectivity index (χ0v) is 16.1. The fourth-order valence-electron chi connectivity index (χ4n) is 3.57. The number of aromatic amines is 1. The molecule has 1 heterocycles. The molecular formula is C21H20BrNO3. The zero-order chi connectivity index (χ0) is 18.3. The Labute approximate surface area is 160 Å². The number of H-pyrrole nitrogens is 1. The van der Waals surface area contributed by atoms with Gasteiger partial charge in [0, 0.05) is 17.1 Å². The van der Waals surface area contributed by atoms with Gasteiger partial charge in [0.05, 0.1) is 10.9 Å². The Morgan fingerprint density at radius 1 is 1.31 bits per heavy atom. The van der Waals surface area contributed by atoms with Gasteiger partial charge in [-0.25, -0.2) is 0 Å². The second-order valence-corrected chi connectivity index (χ2v) is 7.83. The number of fused-ring (bicyclic) bond motifs is 1. The maximum Gasteiger partial charge on any atom is 0.307 e. The molecule has 4 rings (SSSR count). The number of nitrogens with one attached hydrogen (secondary N) is 1. The van der Waals surface area contributed by atoms with Crippen LogP contribution in [0.1, 0.15) is 41.9 Å². The predicted molar refractivity (Wildman–Crippen MR) is 105 cm³/mol. The normalized spacial score (nSPS) is 14.4. The van der Waals surface area contributed by atoms with Gasteiger partial charge in [0.1, 0.15) is 11.5 Å². The number of hydrogen-bond acceptors (Lipinski definition) is 2. The number of ether oxygens (including phenoxy) is 1. The van der Waals surface area contributed by atoms with Crippen LogP contribution in [0.3, 0.4) is 0 Å². The highest BCUT2D eigenvalue weighted by Gasteiger charge is 2.22. The lowest BCUT2D eigenvalue weighted by molar-refractivity contribution is -0.136. The fourth-order valence-corrected chi connectivity index (χ4v) is 4.26. The number of aliphatic carboxylic acids is 1. The molecule has 4 nitrogen and oxygen atoms in total. The summed E-state index contributed by atoms with van der Waals surface area (Å²) in [5, 5.41) is 10.2. The first-order valence-corrected chi connectivity index (χ1v) is 9.60. The van der Waals surface area contributed by atoms with Gasteiger partial charge < -0.3 is 14.8 Å². The SMILES string of the molecule is Cc1cc(CC(=O)O)cc(Br)c1Oc1ccc2[nH]cc(C3CCC3)c2c1. The monoisotopic (exact) mass is 413 g/mol. The molecule has 0 aliphatic heterocycles. The Morgan fingerprint density at radius 2 is 2.12 bits per heavy atom. The number of aryl methyl sites for hydroxylation is 1. The van der Waals surface area contributed by atoms with E-state index in [9.17, 15) is 4.79 Å². The lowest BCUT2D eigenvalue weighted by atomic mass is 9.80. The van der Waals surface area contributed by atoms with Crippen LogP contribution in [0.5, 0.6) is 11.5 Å². The molecule has 1 aliphatic rings. The Kier molecular flexibility index (Phi) is 4.49. The van der Waals surface area contributed by atoms with Crippen LogP contribution in [-0.2, 0) is 11.2 Å². The van der Waals surface area contributed by atoms with E-state index in [0.29, 0.717) is 5.92 Å². The highest BCUT2D eigenvalue weighted by atomic mass is 79.9. The number of aromatic nitrogens is 1. The molecule has 0 amide bonds. The summed E-state index contributed by atoms with van der Waals surface area (Å²) in [7, 11) is 0. The summed E-state index contributed by atoms with van der Waals surface area (Å²) in [6.07, 6.45) is 5.95. The summed E-state index contributed by atoms with van der Waals surface area (Å²) >= 11 is 3.52. The third-order valence-electron chi connectivity index (χ3n) is 5.09. The van der Waals surface area contributed by atoms with Crippen molar-refractivity contribution in [3.8, 4) is 11.5 Å². The van der Waals surface area contributed by atoms with E-state index in [-0.39, 0.29) is 6.42 Å². The molecule has 5 heteroatoms. The number of hydrogen-bond donors (Lipinski definition) is 2. The Balaban J connectivity index is 1.65. The van der Waals surface area contributed by atoms with E-state index in [0.717, 1.165) is 32.6 Å². The fraction of sp³-hybridized carbons (Fsp3) is 0.286. The Morgan fingerprint density at radius 3 is 2.77 bits per heavy atom. The van der Waals surface area contributed by atoms with Crippen molar-refractivity contribution >= 4 is 32.8 Å². The molecular weight excluding hydrogens is 394 g/mol. The molecule has 1 fully saturated rings. The van der Waals surface area contributed by atoms with E-state index in [4.69, 9.17) is 9.84 Å². The quantitative estimate of drug-likeness (QED) is 0.544. The molecule has 1 saturated carbocycles. The Hall–Kier alpha value is -2.27. The molecule has 0 saturated heterocycles. The first kappa shape index (κ1) is 17.2. The summed E-state index contributed by atoms with van der Waals surface area (Å²) in [6, 6.07) is 9.78. The van der Waals surface area contributed by atoms with E-state index in [1.807, 2.05) is 25.1 Å². The number of carboxylic acid groups (broad SMARTS) is 1. The number of rotatable bonds is 5. The lowest BCUT2D eigenvalue weighted by Gasteiger charge is -2.25. The van der Waals surface area contributed by atoms with Gasteiger partial charge in [0.25, 0.3) is 0 Å². The Bertz CT molecular complexity index is 965. The van der Waals surface area contributed by atoms with E-state index in [1.54, 1.807) is 0 Å². The predicted octanol–water partition coefficient (Wildman–Crippen LogP) is 5.93. The van der Waals surface area contributed by atoms with Crippen molar-refractivity contribution in [3.05, 3.63) is 57.7 Å². The van der Waals surface area contributed by atoms with Crippen molar-refractivity contribution in [2.75, 3.05) is 0 Å². The molecule has 2 N–H and O–H groups in total. The largest absolute Gasteiger partial charge is 0.481 e. The minimum Gasteiger partial charge on any atom is -0.481 e. The van der Waals surface area contributed by atoms with Crippen molar-refractivity contribution in [2.24, 2.45) is 0 Å². The smallest absolute Gasteiger partial charge is 0.307 e. The van der Waals surface area contributed by atoms with Crippen LogP contribution in [-0.4, -0.2) is 16.1 Å². The van der Waals surface area contributed by atoms with Gasteiger partial charge in [0.2, 0.25) is 0 Å². The molecule has 0 unspecified atom stereocenters. The second-order valence-electron chi connectivity index (χ2n) is 6.98. The molecule has 0 atom stereocenters. The lowest BCUT2D eigenvalue weighted by Crippen LogP contribution is -2.07. The molecule has 1 aliphatic carbocycles.